The maximum absolute atomic E-state index is 6.06. The molecule has 4 rings (SSSR count). The third kappa shape index (κ3) is 3.01. The highest BCUT2D eigenvalue weighted by Crippen LogP contribution is 2.34. The highest BCUT2D eigenvalue weighted by atomic mass is 32.2. The van der Waals surface area contributed by atoms with E-state index in [1.807, 2.05) is 37.3 Å². The molecule has 2 N–H and O–H groups in total. The second-order valence-electron chi connectivity index (χ2n) is 5.23. The van der Waals surface area contributed by atoms with E-state index in [-0.39, 0.29) is 5.25 Å². The first-order valence-electron chi connectivity index (χ1n) is 7.52. The summed E-state index contributed by atoms with van der Waals surface area (Å²) in [5.74, 6) is 8.04. The minimum Gasteiger partial charge on any atom is -0.461 e. The van der Waals surface area contributed by atoms with Gasteiger partial charge in [-0.25, -0.2) is 4.68 Å². The van der Waals surface area contributed by atoms with Crippen molar-refractivity contribution in [2.45, 2.75) is 17.3 Å². The SMILES string of the molecule is CC(Sc1nnc(-c2ccco2)n1N)c1nnc(-c2ccccc2)o1. The molecule has 1 unspecified atom stereocenters. The largest absolute Gasteiger partial charge is 0.461 e. The van der Waals surface area contributed by atoms with Crippen LogP contribution in [0.25, 0.3) is 23.0 Å². The van der Waals surface area contributed by atoms with Crippen molar-refractivity contribution in [3.05, 3.63) is 54.6 Å². The molecule has 4 aromatic rings. The molecule has 25 heavy (non-hydrogen) atoms. The Morgan fingerprint density at radius 3 is 2.64 bits per heavy atom. The van der Waals surface area contributed by atoms with Gasteiger partial charge >= 0.3 is 0 Å². The van der Waals surface area contributed by atoms with Crippen molar-refractivity contribution < 1.29 is 8.83 Å². The van der Waals surface area contributed by atoms with Crippen LogP contribution in [0.2, 0.25) is 0 Å². The summed E-state index contributed by atoms with van der Waals surface area (Å²) < 4.78 is 12.4. The number of aromatic nitrogens is 5. The lowest BCUT2D eigenvalue weighted by Gasteiger charge is -2.05. The van der Waals surface area contributed by atoms with Gasteiger partial charge in [0.05, 0.1) is 11.5 Å². The fraction of sp³-hybridized carbons (Fsp3) is 0.125. The van der Waals surface area contributed by atoms with Crippen molar-refractivity contribution in [3.63, 3.8) is 0 Å². The van der Waals surface area contributed by atoms with Gasteiger partial charge in [-0.3, -0.25) is 0 Å². The molecule has 1 aromatic carbocycles. The van der Waals surface area contributed by atoms with Crippen molar-refractivity contribution in [2.75, 3.05) is 5.84 Å². The molecule has 126 valence electrons. The monoisotopic (exact) mass is 354 g/mol. The van der Waals surface area contributed by atoms with E-state index in [1.165, 1.54) is 16.4 Å². The van der Waals surface area contributed by atoms with Crippen LogP contribution in [0.15, 0.2) is 62.7 Å². The third-order valence-corrected chi connectivity index (χ3v) is 4.54. The van der Waals surface area contributed by atoms with Gasteiger partial charge in [0.1, 0.15) is 0 Å². The predicted molar refractivity (Wildman–Crippen MR) is 91.9 cm³/mol. The predicted octanol–water partition coefficient (Wildman–Crippen LogP) is 3.16. The van der Waals surface area contributed by atoms with Crippen LogP contribution < -0.4 is 5.84 Å². The third-order valence-electron chi connectivity index (χ3n) is 3.50. The van der Waals surface area contributed by atoms with Crippen molar-refractivity contribution in [2.24, 2.45) is 0 Å². The zero-order valence-electron chi connectivity index (χ0n) is 13.2. The van der Waals surface area contributed by atoms with Gasteiger partial charge in [0.15, 0.2) is 5.76 Å². The van der Waals surface area contributed by atoms with Crippen LogP contribution in [-0.2, 0) is 0 Å². The number of nitrogens with two attached hydrogens (primary N) is 1. The maximum atomic E-state index is 6.06. The molecular formula is C16H14N6O2S. The second-order valence-corrected chi connectivity index (χ2v) is 6.53. The molecule has 0 radical (unpaired) electrons. The molecule has 8 nitrogen and oxygen atoms in total. The highest BCUT2D eigenvalue weighted by Gasteiger charge is 2.21. The summed E-state index contributed by atoms with van der Waals surface area (Å²) in [4.78, 5) is 0. The summed E-state index contributed by atoms with van der Waals surface area (Å²) in [6.07, 6.45) is 1.56. The van der Waals surface area contributed by atoms with Gasteiger partial charge in [0.25, 0.3) is 0 Å². The Kier molecular flexibility index (Phi) is 3.98. The number of hydrogen-bond acceptors (Lipinski definition) is 8. The normalized spacial score (nSPS) is 12.4. The van der Waals surface area contributed by atoms with Gasteiger partial charge in [-0.1, -0.05) is 30.0 Å². The lowest BCUT2D eigenvalue weighted by atomic mass is 10.2. The minimum atomic E-state index is -0.138. The zero-order valence-corrected chi connectivity index (χ0v) is 14.1. The number of nitrogen functional groups attached to an aromatic ring is 1. The van der Waals surface area contributed by atoms with Crippen molar-refractivity contribution >= 4 is 11.8 Å². The molecule has 3 heterocycles. The average Bonchev–Trinajstić information content (AvgIpc) is 3.37. The summed E-state index contributed by atoms with van der Waals surface area (Å²) in [6.45, 7) is 1.94. The first-order valence-corrected chi connectivity index (χ1v) is 8.40. The smallest absolute Gasteiger partial charge is 0.247 e. The minimum absolute atomic E-state index is 0.138. The van der Waals surface area contributed by atoms with E-state index in [4.69, 9.17) is 14.7 Å². The standard InChI is InChI=1S/C16H14N6O2S/c1-10(14-19-20-15(24-14)11-6-3-2-4-7-11)25-16-21-18-13(22(16)17)12-8-5-9-23-12/h2-10H,17H2,1H3. The fourth-order valence-corrected chi connectivity index (χ4v) is 3.04. The van der Waals surface area contributed by atoms with Gasteiger partial charge in [-0.05, 0) is 31.2 Å². The molecule has 0 saturated carbocycles. The molecule has 0 saturated heterocycles. The maximum Gasteiger partial charge on any atom is 0.247 e. The number of nitrogens with zero attached hydrogens (tertiary/aromatic N) is 5. The number of hydrogen-bond donors (Lipinski definition) is 1. The molecule has 0 aliphatic heterocycles. The number of thioether (sulfide) groups is 1. The average molecular weight is 354 g/mol. The van der Waals surface area contributed by atoms with Crippen LogP contribution in [0.3, 0.4) is 0 Å². The highest BCUT2D eigenvalue weighted by molar-refractivity contribution is 7.99. The molecule has 0 aliphatic rings. The van der Waals surface area contributed by atoms with E-state index in [1.54, 1.807) is 18.4 Å². The van der Waals surface area contributed by atoms with Gasteiger partial charge < -0.3 is 14.7 Å². The number of rotatable bonds is 5. The van der Waals surface area contributed by atoms with Gasteiger partial charge in [-0.15, -0.1) is 20.4 Å². The number of furan rings is 1. The summed E-state index contributed by atoms with van der Waals surface area (Å²) >= 11 is 1.38. The first kappa shape index (κ1) is 15.5. The van der Waals surface area contributed by atoms with Crippen LogP contribution in [0.4, 0.5) is 0 Å². The zero-order chi connectivity index (χ0) is 17.2. The summed E-state index contributed by atoms with van der Waals surface area (Å²) in [7, 11) is 0. The van der Waals surface area contributed by atoms with Crippen LogP contribution in [-0.4, -0.2) is 25.1 Å². The molecule has 0 amide bonds. The molecule has 0 aliphatic carbocycles. The van der Waals surface area contributed by atoms with E-state index in [0.29, 0.717) is 28.5 Å². The summed E-state index contributed by atoms with van der Waals surface area (Å²) in [6, 6.07) is 13.2. The summed E-state index contributed by atoms with van der Waals surface area (Å²) in [5.41, 5.74) is 0.876. The van der Waals surface area contributed by atoms with Crippen molar-refractivity contribution in [1.29, 1.82) is 0 Å². The van der Waals surface area contributed by atoms with Crippen LogP contribution in [0.5, 0.6) is 0 Å². The van der Waals surface area contributed by atoms with E-state index >= 15 is 0 Å². The Bertz CT molecular complexity index is 964. The van der Waals surface area contributed by atoms with E-state index in [0.717, 1.165) is 5.56 Å². The van der Waals surface area contributed by atoms with Crippen LogP contribution >= 0.6 is 11.8 Å². The first-order chi connectivity index (χ1) is 12.2. The molecular weight excluding hydrogens is 340 g/mol. The molecule has 0 bridgehead atoms. The topological polar surface area (TPSA) is 109 Å². The Morgan fingerprint density at radius 1 is 1.04 bits per heavy atom. The van der Waals surface area contributed by atoms with E-state index < -0.39 is 0 Å². The Labute approximate surface area is 147 Å². The molecule has 1 atom stereocenters. The van der Waals surface area contributed by atoms with Gasteiger partial charge in [0.2, 0.25) is 22.8 Å². The van der Waals surface area contributed by atoms with Crippen molar-refractivity contribution in [1.82, 2.24) is 25.1 Å². The van der Waals surface area contributed by atoms with Gasteiger partial charge in [-0.2, -0.15) is 0 Å². The lowest BCUT2D eigenvalue weighted by Crippen LogP contribution is -2.11. The molecule has 0 spiro atoms. The molecule has 3 aromatic heterocycles. The van der Waals surface area contributed by atoms with Crippen LogP contribution in [0, 0.1) is 0 Å². The number of benzene rings is 1. The summed E-state index contributed by atoms with van der Waals surface area (Å²) in [5, 5.41) is 16.8. The quantitative estimate of drug-likeness (QED) is 0.430. The second kappa shape index (κ2) is 6.44. The molecule has 9 heteroatoms. The van der Waals surface area contributed by atoms with Crippen molar-refractivity contribution in [3.8, 4) is 23.0 Å². The van der Waals surface area contributed by atoms with Crippen LogP contribution in [0.1, 0.15) is 18.1 Å². The Balaban J connectivity index is 1.53. The van der Waals surface area contributed by atoms with Gasteiger partial charge in [0, 0.05) is 5.56 Å². The Hall–Kier alpha value is -3.07. The fourth-order valence-electron chi connectivity index (χ4n) is 2.24. The lowest BCUT2D eigenvalue weighted by molar-refractivity contribution is 0.509. The van der Waals surface area contributed by atoms with E-state index in [2.05, 4.69) is 20.4 Å². The molecule has 0 fully saturated rings. The Morgan fingerprint density at radius 2 is 1.88 bits per heavy atom. The van der Waals surface area contributed by atoms with E-state index in [9.17, 15) is 0 Å².